The number of quaternary nitrogens is 2. The highest BCUT2D eigenvalue weighted by molar-refractivity contribution is 4.32. The SMILES string of the molecule is CCC[NH+]1CC[NH2+]CC1. The molecule has 1 aliphatic rings. The van der Waals surface area contributed by atoms with Gasteiger partial charge in [0.05, 0.1) is 6.54 Å². The van der Waals surface area contributed by atoms with Crippen molar-refractivity contribution in [2.45, 2.75) is 13.3 Å². The zero-order chi connectivity index (χ0) is 6.53. The maximum Gasteiger partial charge on any atom is 0.127 e. The van der Waals surface area contributed by atoms with Crippen LogP contribution in [0.5, 0.6) is 0 Å². The quantitative estimate of drug-likeness (QED) is 0.426. The molecule has 0 aromatic carbocycles. The van der Waals surface area contributed by atoms with Crippen LogP contribution in [0, 0.1) is 0 Å². The van der Waals surface area contributed by atoms with E-state index in [0.29, 0.717) is 0 Å². The molecule has 1 aliphatic heterocycles. The molecule has 0 bridgehead atoms. The summed E-state index contributed by atoms with van der Waals surface area (Å²) in [5.74, 6) is 0. The fourth-order valence-corrected chi connectivity index (χ4v) is 1.49. The highest BCUT2D eigenvalue weighted by Gasteiger charge is 2.12. The molecule has 0 aromatic rings. The van der Waals surface area contributed by atoms with Crippen LogP contribution in [0.15, 0.2) is 0 Å². The van der Waals surface area contributed by atoms with E-state index in [1.807, 2.05) is 0 Å². The minimum atomic E-state index is 1.34. The maximum atomic E-state index is 2.42. The Balaban J connectivity index is 2.08. The molecule has 2 heteroatoms. The molecule has 0 aliphatic carbocycles. The first-order valence-electron chi connectivity index (χ1n) is 4.08. The van der Waals surface area contributed by atoms with E-state index in [1.165, 1.54) is 39.1 Å². The fraction of sp³-hybridized carbons (Fsp3) is 1.00. The van der Waals surface area contributed by atoms with Gasteiger partial charge in [0.2, 0.25) is 0 Å². The molecule has 1 saturated heterocycles. The highest BCUT2D eigenvalue weighted by atomic mass is 15.2. The van der Waals surface area contributed by atoms with Crippen molar-refractivity contribution in [3.63, 3.8) is 0 Å². The summed E-state index contributed by atoms with van der Waals surface area (Å²) in [6.45, 7) is 9.10. The summed E-state index contributed by atoms with van der Waals surface area (Å²) in [6.07, 6.45) is 1.34. The van der Waals surface area contributed by atoms with Crippen LogP contribution in [0.25, 0.3) is 0 Å². The highest BCUT2D eigenvalue weighted by Crippen LogP contribution is 1.63. The maximum absolute atomic E-state index is 2.42. The Bertz CT molecular complexity index is 64.6. The Labute approximate surface area is 57.2 Å². The average Bonchev–Trinajstić information content (AvgIpc) is 1.91. The molecule has 54 valence electrons. The number of nitrogens with two attached hydrogens (primary N) is 1. The summed E-state index contributed by atoms with van der Waals surface area (Å²) in [5, 5.41) is 2.42. The molecule has 1 rings (SSSR count). The van der Waals surface area contributed by atoms with Gasteiger partial charge in [0.15, 0.2) is 0 Å². The normalized spacial score (nSPS) is 22.3. The zero-order valence-corrected chi connectivity index (χ0v) is 6.32. The van der Waals surface area contributed by atoms with Crippen LogP contribution in [0.2, 0.25) is 0 Å². The van der Waals surface area contributed by atoms with Crippen LogP contribution in [-0.4, -0.2) is 32.7 Å². The largest absolute Gasteiger partial charge is 0.337 e. The van der Waals surface area contributed by atoms with E-state index in [2.05, 4.69) is 12.2 Å². The topological polar surface area (TPSA) is 21.1 Å². The second-order valence-electron chi connectivity index (χ2n) is 2.87. The van der Waals surface area contributed by atoms with Crippen molar-refractivity contribution in [1.82, 2.24) is 0 Å². The summed E-state index contributed by atoms with van der Waals surface area (Å²) in [6, 6.07) is 0. The third kappa shape index (κ3) is 2.33. The smallest absolute Gasteiger partial charge is 0.127 e. The van der Waals surface area contributed by atoms with Crippen LogP contribution in [0.1, 0.15) is 13.3 Å². The van der Waals surface area contributed by atoms with Crippen molar-refractivity contribution in [3.8, 4) is 0 Å². The Hall–Kier alpha value is -0.0800. The predicted octanol–water partition coefficient (Wildman–Crippen LogP) is -2.14. The van der Waals surface area contributed by atoms with Crippen molar-refractivity contribution < 1.29 is 10.2 Å². The van der Waals surface area contributed by atoms with Crippen LogP contribution in [0.4, 0.5) is 0 Å². The Morgan fingerprint density at radius 2 is 2.00 bits per heavy atom. The van der Waals surface area contributed by atoms with Gasteiger partial charge in [0.25, 0.3) is 0 Å². The number of hydrogen-bond donors (Lipinski definition) is 2. The number of hydrogen-bond acceptors (Lipinski definition) is 0. The summed E-state index contributed by atoms with van der Waals surface area (Å²) < 4.78 is 0. The second kappa shape index (κ2) is 3.85. The standard InChI is InChI=1S/C7H16N2/c1-2-5-9-6-3-8-4-7-9/h8H,2-7H2,1H3/p+2. The third-order valence-corrected chi connectivity index (χ3v) is 2.01. The predicted molar refractivity (Wildman–Crippen MR) is 37.5 cm³/mol. The third-order valence-electron chi connectivity index (χ3n) is 2.01. The van der Waals surface area contributed by atoms with Gasteiger partial charge < -0.3 is 10.2 Å². The summed E-state index contributed by atoms with van der Waals surface area (Å²) in [5.41, 5.74) is 0. The van der Waals surface area contributed by atoms with Gasteiger partial charge in [-0.05, 0) is 6.42 Å². The zero-order valence-electron chi connectivity index (χ0n) is 6.32. The molecule has 9 heavy (non-hydrogen) atoms. The molecule has 1 fully saturated rings. The van der Waals surface area contributed by atoms with Crippen molar-refractivity contribution in [1.29, 1.82) is 0 Å². The second-order valence-corrected chi connectivity index (χ2v) is 2.87. The molecule has 0 atom stereocenters. The van der Waals surface area contributed by atoms with Gasteiger partial charge in [0, 0.05) is 0 Å². The molecular formula is C7H18N2+2. The molecule has 1 heterocycles. The van der Waals surface area contributed by atoms with Crippen molar-refractivity contribution in [2.75, 3.05) is 32.7 Å². The van der Waals surface area contributed by atoms with E-state index < -0.39 is 0 Å². The van der Waals surface area contributed by atoms with Crippen LogP contribution in [-0.2, 0) is 0 Å². The van der Waals surface area contributed by atoms with E-state index in [-0.39, 0.29) is 0 Å². The lowest BCUT2D eigenvalue weighted by Crippen LogP contribution is -3.20. The molecule has 0 unspecified atom stereocenters. The van der Waals surface area contributed by atoms with Gasteiger partial charge in [-0.15, -0.1) is 0 Å². The number of nitrogens with one attached hydrogen (secondary N) is 1. The van der Waals surface area contributed by atoms with Crippen molar-refractivity contribution >= 4 is 0 Å². The lowest BCUT2D eigenvalue weighted by Gasteiger charge is -2.21. The van der Waals surface area contributed by atoms with E-state index in [0.717, 1.165) is 0 Å². The van der Waals surface area contributed by atoms with Crippen molar-refractivity contribution in [2.24, 2.45) is 0 Å². The van der Waals surface area contributed by atoms with E-state index >= 15 is 0 Å². The molecular weight excluding hydrogens is 112 g/mol. The van der Waals surface area contributed by atoms with E-state index in [1.54, 1.807) is 4.90 Å². The molecule has 0 spiro atoms. The van der Waals surface area contributed by atoms with Crippen molar-refractivity contribution in [3.05, 3.63) is 0 Å². The summed E-state index contributed by atoms with van der Waals surface area (Å²) in [7, 11) is 0. The van der Waals surface area contributed by atoms with Crippen LogP contribution >= 0.6 is 0 Å². The Morgan fingerprint density at radius 3 is 2.56 bits per heavy atom. The first-order chi connectivity index (χ1) is 4.43. The Kier molecular flexibility index (Phi) is 3.01. The van der Waals surface area contributed by atoms with Gasteiger partial charge in [-0.1, -0.05) is 6.92 Å². The van der Waals surface area contributed by atoms with Gasteiger partial charge in [0.1, 0.15) is 26.2 Å². The lowest BCUT2D eigenvalue weighted by atomic mass is 10.3. The number of rotatable bonds is 2. The Morgan fingerprint density at radius 1 is 1.33 bits per heavy atom. The van der Waals surface area contributed by atoms with Gasteiger partial charge >= 0.3 is 0 Å². The molecule has 0 amide bonds. The minimum Gasteiger partial charge on any atom is -0.337 e. The molecule has 0 radical (unpaired) electrons. The summed E-state index contributed by atoms with van der Waals surface area (Å²) >= 11 is 0. The van der Waals surface area contributed by atoms with Crippen LogP contribution in [0.3, 0.4) is 0 Å². The summed E-state index contributed by atoms with van der Waals surface area (Å²) in [4.78, 5) is 1.81. The number of piperazine rings is 1. The molecule has 3 N–H and O–H groups in total. The van der Waals surface area contributed by atoms with E-state index in [9.17, 15) is 0 Å². The first kappa shape index (κ1) is 7.03. The average molecular weight is 130 g/mol. The molecule has 0 aromatic heterocycles. The molecule has 2 nitrogen and oxygen atoms in total. The minimum absolute atomic E-state index is 1.34. The first-order valence-corrected chi connectivity index (χ1v) is 4.08. The van der Waals surface area contributed by atoms with Gasteiger partial charge in [-0.3, -0.25) is 0 Å². The molecule has 0 saturated carbocycles. The lowest BCUT2D eigenvalue weighted by molar-refractivity contribution is -0.946. The van der Waals surface area contributed by atoms with Gasteiger partial charge in [-0.25, -0.2) is 0 Å². The van der Waals surface area contributed by atoms with Gasteiger partial charge in [-0.2, -0.15) is 0 Å². The van der Waals surface area contributed by atoms with E-state index in [4.69, 9.17) is 0 Å². The fourth-order valence-electron chi connectivity index (χ4n) is 1.49. The monoisotopic (exact) mass is 130 g/mol. The van der Waals surface area contributed by atoms with Crippen LogP contribution < -0.4 is 10.2 Å².